The van der Waals surface area contributed by atoms with Gasteiger partial charge < -0.3 is 29.9 Å². The zero-order chi connectivity index (χ0) is 20.2. The van der Waals surface area contributed by atoms with Gasteiger partial charge in [0.2, 0.25) is 5.79 Å². The molecule has 0 aliphatic carbocycles. The zero-order valence-electron chi connectivity index (χ0n) is 15.5. The van der Waals surface area contributed by atoms with Gasteiger partial charge in [-0.25, -0.2) is 0 Å². The fraction of sp³-hybridized carbons (Fsp3) is 0.500. The van der Waals surface area contributed by atoms with Crippen LogP contribution >= 0.6 is 22.9 Å². The van der Waals surface area contributed by atoms with Gasteiger partial charge in [-0.05, 0) is 43.2 Å². The molecule has 0 saturated carbocycles. The maximum Gasteiger partial charge on any atom is 0.225 e. The van der Waals surface area contributed by atoms with Crippen molar-refractivity contribution in [2.24, 2.45) is 0 Å². The predicted octanol–water partition coefficient (Wildman–Crippen LogP) is 2.23. The second-order valence-corrected chi connectivity index (χ2v) is 8.90. The Kier molecular flexibility index (Phi) is 5.31. The van der Waals surface area contributed by atoms with Gasteiger partial charge in [0, 0.05) is 25.9 Å². The molecular weight excluding hydrogens is 404 g/mol. The third-order valence-corrected chi connectivity index (χ3v) is 7.15. The molecule has 0 amide bonds. The number of aryl methyl sites for hydroxylation is 1. The highest BCUT2D eigenvalue weighted by Crippen LogP contribution is 2.48. The molecular formula is C20H23ClO6S. The first-order valence-corrected chi connectivity index (χ1v) is 10.4. The molecule has 0 radical (unpaired) electrons. The van der Waals surface area contributed by atoms with Gasteiger partial charge in [-0.3, -0.25) is 0 Å². The minimum atomic E-state index is -1.61. The van der Waals surface area contributed by atoms with Gasteiger partial charge in [-0.15, -0.1) is 11.3 Å². The van der Waals surface area contributed by atoms with Crippen molar-refractivity contribution in [1.82, 2.24) is 0 Å². The van der Waals surface area contributed by atoms with Crippen LogP contribution in [0.3, 0.4) is 0 Å². The Balaban J connectivity index is 1.77. The molecule has 2 aliphatic heterocycles. The van der Waals surface area contributed by atoms with Crippen LogP contribution in [0.2, 0.25) is 5.02 Å². The fourth-order valence-electron chi connectivity index (χ4n) is 3.88. The van der Waals surface area contributed by atoms with Gasteiger partial charge in [0.1, 0.15) is 24.4 Å². The van der Waals surface area contributed by atoms with Crippen LogP contribution in [0.4, 0.5) is 0 Å². The van der Waals surface area contributed by atoms with Crippen LogP contribution in [-0.2, 0) is 28.3 Å². The maximum atomic E-state index is 10.9. The van der Waals surface area contributed by atoms with E-state index < -0.39 is 36.3 Å². The Morgan fingerprint density at radius 1 is 1.25 bits per heavy atom. The first kappa shape index (κ1) is 20.3. The van der Waals surface area contributed by atoms with Crippen molar-refractivity contribution < 1.29 is 29.9 Å². The highest BCUT2D eigenvalue weighted by atomic mass is 35.5. The van der Waals surface area contributed by atoms with Crippen LogP contribution < -0.4 is 0 Å². The van der Waals surface area contributed by atoms with Gasteiger partial charge in [0.05, 0.1) is 12.7 Å². The largest absolute Gasteiger partial charge is 0.388 e. The van der Waals surface area contributed by atoms with Crippen molar-refractivity contribution in [2.75, 3.05) is 0 Å². The molecule has 1 aromatic carbocycles. The van der Waals surface area contributed by atoms with E-state index in [4.69, 9.17) is 21.1 Å². The van der Waals surface area contributed by atoms with E-state index in [-0.39, 0.29) is 6.61 Å². The van der Waals surface area contributed by atoms with Crippen molar-refractivity contribution in [1.29, 1.82) is 0 Å². The molecule has 3 heterocycles. The number of aliphatic hydroxyl groups is 4. The van der Waals surface area contributed by atoms with E-state index in [2.05, 4.69) is 0 Å². The van der Waals surface area contributed by atoms with Crippen LogP contribution in [-0.4, -0.2) is 44.8 Å². The topological polar surface area (TPSA) is 99.4 Å². The van der Waals surface area contributed by atoms with E-state index in [1.54, 1.807) is 19.1 Å². The van der Waals surface area contributed by atoms with Crippen LogP contribution in [0.25, 0.3) is 0 Å². The van der Waals surface area contributed by atoms with Gasteiger partial charge in [0.15, 0.2) is 0 Å². The number of hydrogen-bond acceptors (Lipinski definition) is 7. The van der Waals surface area contributed by atoms with Crippen molar-refractivity contribution in [3.8, 4) is 0 Å². The number of rotatable bonds is 3. The van der Waals surface area contributed by atoms with E-state index in [1.165, 1.54) is 11.3 Å². The molecule has 1 saturated heterocycles. The quantitative estimate of drug-likeness (QED) is 0.600. The molecule has 2 aliphatic rings. The molecule has 2 aromatic rings. The first-order chi connectivity index (χ1) is 13.3. The molecule has 1 aromatic heterocycles. The Morgan fingerprint density at radius 3 is 2.68 bits per heavy atom. The molecule has 4 N–H and O–H groups in total. The van der Waals surface area contributed by atoms with Crippen LogP contribution in [0.1, 0.15) is 46.4 Å². The lowest BCUT2D eigenvalue weighted by Crippen LogP contribution is -2.62. The summed E-state index contributed by atoms with van der Waals surface area (Å²) >= 11 is 7.95. The maximum absolute atomic E-state index is 10.9. The van der Waals surface area contributed by atoms with Gasteiger partial charge in [-0.2, -0.15) is 0 Å². The number of hydrogen-bond donors (Lipinski definition) is 4. The van der Waals surface area contributed by atoms with E-state index in [0.29, 0.717) is 21.7 Å². The first-order valence-electron chi connectivity index (χ1n) is 9.24. The summed E-state index contributed by atoms with van der Waals surface area (Å²) in [6.07, 6.45) is -4.95. The average molecular weight is 427 g/mol. The number of fused-ring (bicyclic) bond motifs is 2. The van der Waals surface area contributed by atoms with E-state index >= 15 is 0 Å². The Bertz CT molecular complexity index is 886. The summed E-state index contributed by atoms with van der Waals surface area (Å²) in [6, 6.07) is 7.21. The SMILES string of the molecule is CCc1ccc(C(O)c2cc3c(cc2Cl)CO[C@]32O[C@H](C)[C@@H](O)[C@H](O)[C@H]2O)s1. The molecule has 8 heteroatoms. The lowest BCUT2D eigenvalue weighted by molar-refractivity contribution is -0.362. The zero-order valence-corrected chi connectivity index (χ0v) is 17.1. The monoisotopic (exact) mass is 426 g/mol. The van der Waals surface area contributed by atoms with E-state index in [0.717, 1.165) is 16.2 Å². The Morgan fingerprint density at radius 2 is 2.00 bits per heavy atom. The Labute approximate surface area is 171 Å². The summed E-state index contributed by atoms with van der Waals surface area (Å²) in [7, 11) is 0. The van der Waals surface area contributed by atoms with E-state index in [9.17, 15) is 20.4 Å². The molecule has 28 heavy (non-hydrogen) atoms. The molecule has 0 bridgehead atoms. The number of thiophene rings is 1. The molecule has 1 spiro atoms. The van der Waals surface area contributed by atoms with Crippen LogP contribution in [0.15, 0.2) is 24.3 Å². The predicted molar refractivity (Wildman–Crippen MR) is 104 cm³/mol. The third kappa shape index (κ3) is 3.02. The molecule has 1 fully saturated rings. The summed E-state index contributed by atoms with van der Waals surface area (Å²) in [5.41, 5.74) is 1.68. The van der Waals surface area contributed by atoms with Gasteiger partial charge in [-0.1, -0.05) is 18.5 Å². The normalized spacial score (nSPS) is 33.2. The number of aliphatic hydroxyl groups excluding tert-OH is 4. The van der Waals surface area contributed by atoms with E-state index in [1.807, 2.05) is 19.1 Å². The molecule has 1 unspecified atom stereocenters. The average Bonchev–Trinajstić information content (AvgIpc) is 3.29. The summed E-state index contributed by atoms with van der Waals surface area (Å²) in [4.78, 5) is 1.92. The van der Waals surface area contributed by atoms with Crippen molar-refractivity contribution in [3.05, 3.63) is 55.7 Å². The van der Waals surface area contributed by atoms with Crippen LogP contribution in [0.5, 0.6) is 0 Å². The minimum absolute atomic E-state index is 0.136. The number of halogens is 1. The minimum Gasteiger partial charge on any atom is -0.388 e. The molecule has 6 atom stereocenters. The summed E-state index contributed by atoms with van der Waals surface area (Å²) < 4.78 is 11.6. The number of benzene rings is 1. The van der Waals surface area contributed by atoms with Crippen molar-refractivity contribution in [2.45, 2.75) is 63.2 Å². The van der Waals surface area contributed by atoms with Gasteiger partial charge >= 0.3 is 0 Å². The standard InChI is InChI=1S/C20H23ClO6S/c1-3-11-4-5-15(28-11)17(23)12-7-13-10(6-14(12)21)8-26-20(13)19(25)18(24)16(22)9(2)27-20/h4-7,9,16-19,22-25H,3,8H2,1-2H3/t9-,16-,17?,18+,19-,20+/m1/s1. The second kappa shape index (κ2) is 7.34. The molecule has 152 valence electrons. The van der Waals surface area contributed by atoms with Crippen LogP contribution in [0, 0.1) is 0 Å². The summed E-state index contributed by atoms with van der Waals surface area (Å²) in [5.74, 6) is -1.61. The Hall–Kier alpha value is -1.03. The second-order valence-electron chi connectivity index (χ2n) is 7.30. The third-order valence-electron chi connectivity index (χ3n) is 5.54. The van der Waals surface area contributed by atoms with Crippen molar-refractivity contribution >= 4 is 22.9 Å². The molecule has 4 rings (SSSR count). The lowest BCUT2D eigenvalue weighted by Gasteiger charge is -2.45. The van der Waals surface area contributed by atoms with Gasteiger partial charge in [0.25, 0.3) is 0 Å². The fourth-order valence-corrected chi connectivity index (χ4v) is 5.13. The highest BCUT2D eigenvalue weighted by Gasteiger charge is 2.57. The lowest BCUT2D eigenvalue weighted by atomic mass is 9.86. The summed E-state index contributed by atoms with van der Waals surface area (Å²) in [5, 5.41) is 42.2. The highest BCUT2D eigenvalue weighted by molar-refractivity contribution is 7.12. The smallest absolute Gasteiger partial charge is 0.225 e. The number of ether oxygens (including phenoxy) is 2. The van der Waals surface area contributed by atoms with Crippen molar-refractivity contribution in [3.63, 3.8) is 0 Å². The summed E-state index contributed by atoms with van der Waals surface area (Å²) in [6.45, 7) is 3.79. The molecule has 6 nitrogen and oxygen atoms in total.